The molecule has 0 aliphatic heterocycles. The minimum atomic E-state index is 0. The SMILES string of the molecule is Cc1ccc(-c2ccccc2)cc1.OS.[H-].[Na+]. The Balaban J connectivity index is 0. The molecule has 0 saturated carbocycles. The second kappa shape index (κ2) is 8.85. The second-order valence-corrected chi connectivity index (χ2v) is 3.23. The minimum absolute atomic E-state index is 0. The Morgan fingerprint density at radius 2 is 1.25 bits per heavy atom. The van der Waals surface area contributed by atoms with Crippen molar-refractivity contribution in [2.24, 2.45) is 0 Å². The fourth-order valence-corrected chi connectivity index (χ4v) is 1.38. The van der Waals surface area contributed by atoms with E-state index in [9.17, 15) is 0 Å². The average molecular weight is 242 g/mol. The van der Waals surface area contributed by atoms with Gasteiger partial charge in [0.25, 0.3) is 0 Å². The van der Waals surface area contributed by atoms with Crippen molar-refractivity contribution in [1.29, 1.82) is 0 Å². The van der Waals surface area contributed by atoms with E-state index in [1.165, 1.54) is 16.7 Å². The molecule has 80 valence electrons. The normalized spacial score (nSPS) is 8.44. The van der Waals surface area contributed by atoms with E-state index in [-0.39, 0.29) is 31.0 Å². The third-order valence-electron chi connectivity index (χ3n) is 2.16. The fraction of sp³-hybridized carbons (Fsp3) is 0.0769. The van der Waals surface area contributed by atoms with Gasteiger partial charge in [-0.05, 0) is 31.0 Å². The molecule has 1 nitrogen and oxygen atoms in total. The number of hydrogen-bond donors (Lipinski definition) is 2. The van der Waals surface area contributed by atoms with Gasteiger partial charge in [0, 0.05) is 0 Å². The molecule has 0 saturated heterocycles. The Kier molecular flexibility index (Phi) is 8.71. The van der Waals surface area contributed by atoms with Crippen LogP contribution in [0.5, 0.6) is 0 Å². The van der Waals surface area contributed by atoms with Crippen LogP contribution in [-0.2, 0) is 0 Å². The number of thiol groups is 1. The van der Waals surface area contributed by atoms with E-state index in [1.54, 1.807) is 0 Å². The van der Waals surface area contributed by atoms with E-state index in [0.717, 1.165) is 0 Å². The van der Waals surface area contributed by atoms with Crippen LogP contribution in [0.4, 0.5) is 0 Å². The van der Waals surface area contributed by atoms with Crippen molar-refractivity contribution in [2.45, 2.75) is 6.92 Å². The van der Waals surface area contributed by atoms with Gasteiger partial charge >= 0.3 is 29.6 Å². The molecule has 0 unspecified atom stereocenters. The van der Waals surface area contributed by atoms with E-state index in [1.807, 2.05) is 6.07 Å². The zero-order valence-electron chi connectivity index (χ0n) is 10.6. The first-order chi connectivity index (χ1) is 7.36. The van der Waals surface area contributed by atoms with Crippen LogP contribution in [0, 0.1) is 6.92 Å². The van der Waals surface area contributed by atoms with E-state index >= 15 is 0 Å². The van der Waals surface area contributed by atoms with Gasteiger partial charge in [0.05, 0.1) is 0 Å². The molecule has 2 rings (SSSR count). The predicted octanol–water partition coefficient (Wildman–Crippen LogP) is 1.17. The standard InChI is InChI=1S/C13H12.Na.H2OS.H/c1-11-7-9-13(10-8-11)12-5-3-2-4-6-12;;1-2;/h2-10H,1H3;;1-2H;/q;+1;;-1. The van der Waals surface area contributed by atoms with Gasteiger partial charge in [-0.15, -0.1) is 0 Å². The molecule has 0 heterocycles. The Morgan fingerprint density at radius 3 is 1.75 bits per heavy atom. The van der Waals surface area contributed by atoms with Gasteiger partial charge in [-0.1, -0.05) is 60.2 Å². The van der Waals surface area contributed by atoms with Crippen molar-refractivity contribution in [2.75, 3.05) is 0 Å². The monoisotopic (exact) mass is 242 g/mol. The van der Waals surface area contributed by atoms with Gasteiger partial charge in [0.2, 0.25) is 0 Å². The van der Waals surface area contributed by atoms with Crippen molar-refractivity contribution in [3.8, 4) is 11.1 Å². The first kappa shape index (κ1) is 15.8. The number of aryl methyl sites for hydroxylation is 1. The summed E-state index contributed by atoms with van der Waals surface area (Å²) in [5, 5.41) is 0. The molecular weight excluding hydrogens is 227 g/mol. The summed E-state index contributed by atoms with van der Waals surface area (Å²) in [5.74, 6) is 0. The first-order valence-electron chi connectivity index (χ1n) is 4.68. The van der Waals surface area contributed by atoms with Gasteiger partial charge < -0.3 is 5.98 Å². The van der Waals surface area contributed by atoms with Crippen LogP contribution in [0.2, 0.25) is 0 Å². The maximum atomic E-state index is 6.69. The molecule has 0 aliphatic carbocycles. The summed E-state index contributed by atoms with van der Waals surface area (Å²) < 4.78 is 6.69. The summed E-state index contributed by atoms with van der Waals surface area (Å²) in [5.41, 5.74) is 3.87. The smallest absolute Gasteiger partial charge is 1.00 e. The summed E-state index contributed by atoms with van der Waals surface area (Å²) in [4.78, 5) is 0. The van der Waals surface area contributed by atoms with Crippen LogP contribution in [-0.4, -0.2) is 4.55 Å². The molecule has 0 atom stereocenters. The molecule has 2 aromatic rings. The molecule has 0 fully saturated rings. The summed E-state index contributed by atoms with van der Waals surface area (Å²) in [7, 11) is 0. The van der Waals surface area contributed by atoms with Crippen molar-refractivity contribution >= 4 is 12.9 Å². The molecule has 0 aromatic heterocycles. The summed E-state index contributed by atoms with van der Waals surface area (Å²) in [6.07, 6.45) is 0. The fourth-order valence-electron chi connectivity index (χ4n) is 1.38. The Labute approximate surface area is 126 Å². The van der Waals surface area contributed by atoms with E-state index < -0.39 is 0 Å². The number of benzene rings is 2. The Morgan fingerprint density at radius 1 is 0.812 bits per heavy atom. The number of hydrogen-bond acceptors (Lipinski definition) is 2. The van der Waals surface area contributed by atoms with Gasteiger partial charge in [0.1, 0.15) is 0 Å². The van der Waals surface area contributed by atoms with Crippen molar-refractivity contribution < 1.29 is 35.5 Å². The quantitative estimate of drug-likeness (QED) is 0.437. The van der Waals surface area contributed by atoms with Gasteiger partial charge in [-0.25, -0.2) is 0 Å². The van der Waals surface area contributed by atoms with Crippen LogP contribution in [0.1, 0.15) is 6.99 Å². The topological polar surface area (TPSA) is 20.2 Å². The molecule has 0 radical (unpaired) electrons. The summed E-state index contributed by atoms with van der Waals surface area (Å²) in [6.45, 7) is 2.11. The molecule has 0 amide bonds. The summed E-state index contributed by atoms with van der Waals surface area (Å²) in [6, 6.07) is 19.0. The summed E-state index contributed by atoms with van der Waals surface area (Å²) >= 11 is 2.53. The maximum absolute atomic E-state index is 6.69. The maximum Gasteiger partial charge on any atom is 1.00 e. The predicted molar refractivity (Wildman–Crippen MR) is 69.3 cm³/mol. The molecule has 16 heavy (non-hydrogen) atoms. The average Bonchev–Trinajstić information content (AvgIpc) is 2.34. The van der Waals surface area contributed by atoms with Crippen LogP contribution < -0.4 is 29.6 Å². The largest absolute Gasteiger partial charge is 1.00 e. The zero-order chi connectivity index (χ0) is 11.1. The van der Waals surface area contributed by atoms with Crippen molar-refractivity contribution in [1.82, 2.24) is 0 Å². The second-order valence-electron chi connectivity index (χ2n) is 3.23. The number of rotatable bonds is 1. The van der Waals surface area contributed by atoms with Crippen molar-refractivity contribution in [3.05, 3.63) is 60.2 Å². The van der Waals surface area contributed by atoms with Crippen molar-refractivity contribution in [3.63, 3.8) is 0 Å². The molecule has 3 heteroatoms. The molecule has 0 bridgehead atoms. The molecule has 2 aromatic carbocycles. The third-order valence-corrected chi connectivity index (χ3v) is 2.16. The van der Waals surface area contributed by atoms with Crippen LogP contribution >= 0.6 is 12.9 Å². The molecule has 1 N–H and O–H groups in total. The molecule has 0 aliphatic rings. The first-order valence-corrected chi connectivity index (χ1v) is 5.08. The van der Waals surface area contributed by atoms with Gasteiger partial charge in [0.15, 0.2) is 0 Å². The van der Waals surface area contributed by atoms with Crippen LogP contribution in [0.15, 0.2) is 54.6 Å². The zero-order valence-corrected chi connectivity index (χ0v) is 12.5. The van der Waals surface area contributed by atoms with E-state index in [4.69, 9.17) is 4.55 Å². The van der Waals surface area contributed by atoms with Gasteiger partial charge in [-0.2, -0.15) is 0 Å². The van der Waals surface area contributed by atoms with E-state index in [2.05, 4.69) is 68.4 Å². The van der Waals surface area contributed by atoms with E-state index in [0.29, 0.717) is 0 Å². The van der Waals surface area contributed by atoms with Crippen LogP contribution in [0.25, 0.3) is 11.1 Å². The molecular formula is C13H15NaOS. The minimum Gasteiger partial charge on any atom is -1.00 e. The molecule has 0 spiro atoms. The van der Waals surface area contributed by atoms with Gasteiger partial charge in [-0.3, -0.25) is 0 Å². The Hall–Kier alpha value is -0.250. The van der Waals surface area contributed by atoms with Crippen LogP contribution in [0.3, 0.4) is 0 Å². The third kappa shape index (κ3) is 4.73. The Bertz CT molecular complexity index is 392.